The Balaban J connectivity index is 1.79. The molecule has 3 unspecified atom stereocenters. The number of carbonyl (C=O) groups is 1. The highest BCUT2D eigenvalue weighted by Crippen LogP contribution is 2.20. The monoisotopic (exact) mass is 309 g/mol. The van der Waals surface area contributed by atoms with Gasteiger partial charge in [0.2, 0.25) is 5.91 Å². The molecule has 1 aliphatic heterocycles. The van der Waals surface area contributed by atoms with Crippen LogP contribution in [0.3, 0.4) is 0 Å². The van der Waals surface area contributed by atoms with Gasteiger partial charge in [-0.25, -0.2) is 0 Å². The van der Waals surface area contributed by atoms with Crippen molar-refractivity contribution in [2.24, 2.45) is 5.92 Å². The fraction of sp³-hybridized carbons (Fsp3) is 0.562. The standard InChI is InChI=1S/C16H23NO5/c1-10-14(19)16(21)15(20)12(22-10)9-17-13(18)8-7-11-5-3-2-4-6-11/h2-5,7-8,10-12,14-16,19-21H,6,9H2,1H3,(H,17,18)/b8-7+/t10?,11?,12?,14-,15+,16+/m1/s1. The van der Waals surface area contributed by atoms with E-state index in [9.17, 15) is 20.1 Å². The van der Waals surface area contributed by atoms with Gasteiger partial charge >= 0.3 is 0 Å². The van der Waals surface area contributed by atoms with E-state index in [4.69, 9.17) is 4.74 Å². The Hall–Kier alpha value is -1.47. The van der Waals surface area contributed by atoms with Crippen LogP contribution in [0.4, 0.5) is 0 Å². The highest BCUT2D eigenvalue weighted by Gasteiger charge is 2.41. The number of aliphatic hydroxyl groups is 3. The lowest BCUT2D eigenvalue weighted by Gasteiger charge is -2.39. The molecule has 0 radical (unpaired) electrons. The van der Waals surface area contributed by atoms with E-state index in [1.54, 1.807) is 6.92 Å². The third-order valence-corrected chi connectivity index (χ3v) is 3.94. The molecule has 2 aliphatic rings. The molecule has 6 nitrogen and oxygen atoms in total. The largest absolute Gasteiger partial charge is 0.388 e. The third-order valence-electron chi connectivity index (χ3n) is 3.94. The van der Waals surface area contributed by atoms with Gasteiger partial charge in [-0.05, 0) is 25.3 Å². The lowest BCUT2D eigenvalue weighted by atomic mass is 9.95. The van der Waals surface area contributed by atoms with Crippen LogP contribution in [0, 0.1) is 5.92 Å². The number of nitrogens with one attached hydrogen (secondary N) is 1. The molecular formula is C16H23NO5. The lowest BCUT2D eigenvalue weighted by molar-refractivity contribution is -0.215. The van der Waals surface area contributed by atoms with E-state index in [0.717, 1.165) is 6.42 Å². The number of amides is 1. The van der Waals surface area contributed by atoms with Gasteiger partial charge < -0.3 is 25.4 Å². The van der Waals surface area contributed by atoms with E-state index < -0.39 is 30.5 Å². The van der Waals surface area contributed by atoms with Crippen molar-refractivity contribution in [3.05, 3.63) is 36.5 Å². The molecule has 122 valence electrons. The summed E-state index contributed by atoms with van der Waals surface area (Å²) < 4.78 is 5.41. The molecule has 0 aromatic carbocycles. The molecule has 2 rings (SSSR count). The molecule has 1 heterocycles. The van der Waals surface area contributed by atoms with E-state index in [-0.39, 0.29) is 18.4 Å². The zero-order valence-corrected chi connectivity index (χ0v) is 12.5. The second-order valence-electron chi connectivity index (χ2n) is 5.67. The summed E-state index contributed by atoms with van der Waals surface area (Å²) in [7, 11) is 0. The Morgan fingerprint density at radius 2 is 2.05 bits per heavy atom. The first-order valence-electron chi connectivity index (χ1n) is 7.48. The average molecular weight is 309 g/mol. The second kappa shape index (κ2) is 7.69. The van der Waals surface area contributed by atoms with Gasteiger partial charge in [0.1, 0.15) is 24.4 Å². The molecule has 6 heteroatoms. The van der Waals surface area contributed by atoms with Gasteiger partial charge in [0, 0.05) is 6.54 Å². The summed E-state index contributed by atoms with van der Waals surface area (Å²) in [5.41, 5.74) is 0. The van der Waals surface area contributed by atoms with Crippen molar-refractivity contribution in [3.8, 4) is 0 Å². The van der Waals surface area contributed by atoms with Crippen LogP contribution in [-0.4, -0.2) is 58.3 Å². The zero-order valence-electron chi connectivity index (χ0n) is 12.5. The van der Waals surface area contributed by atoms with Crippen LogP contribution in [0.25, 0.3) is 0 Å². The van der Waals surface area contributed by atoms with Crippen LogP contribution in [0.5, 0.6) is 0 Å². The van der Waals surface area contributed by atoms with Crippen LogP contribution >= 0.6 is 0 Å². The van der Waals surface area contributed by atoms with Gasteiger partial charge in [-0.2, -0.15) is 0 Å². The molecule has 0 bridgehead atoms. The Bertz CT molecular complexity index is 473. The predicted molar refractivity (Wildman–Crippen MR) is 80.9 cm³/mol. The maximum Gasteiger partial charge on any atom is 0.243 e. The topological polar surface area (TPSA) is 99.0 Å². The second-order valence-corrected chi connectivity index (χ2v) is 5.67. The normalized spacial score (nSPS) is 38.4. The van der Waals surface area contributed by atoms with Crippen LogP contribution in [0.1, 0.15) is 13.3 Å². The number of hydrogen-bond donors (Lipinski definition) is 4. The molecule has 0 aromatic heterocycles. The summed E-state index contributed by atoms with van der Waals surface area (Å²) in [4.78, 5) is 11.8. The molecule has 1 aliphatic carbocycles. The lowest BCUT2D eigenvalue weighted by Crippen LogP contribution is -2.59. The SMILES string of the molecule is CC1OC(CNC(=O)/C=C/C2C=CC=CC2)[C@H](O)[C@@H](O)[C@@H]1O. The molecule has 4 N–H and O–H groups in total. The zero-order chi connectivity index (χ0) is 16.1. The van der Waals surface area contributed by atoms with Gasteiger partial charge in [0.15, 0.2) is 0 Å². The summed E-state index contributed by atoms with van der Waals surface area (Å²) in [5, 5.41) is 31.8. The first kappa shape index (κ1) is 16.9. The molecule has 0 spiro atoms. The average Bonchev–Trinajstić information content (AvgIpc) is 2.54. The summed E-state index contributed by atoms with van der Waals surface area (Å²) in [6.07, 6.45) is 7.10. The molecule has 0 saturated carbocycles. The Morgan fingerprint density at radius 1 is 1.27 bits per heavy atom. The number of rotatable bonds is 4. The minimum absolute atomic E-state index is 0.0683. The third kappa shape index (κ3) is 4.27. The molecule has 1 amide bonds. The van der Waals surface area contributed by atoms with Crippen LogP contribution < -0.4 is 5.32 Å². The van der Waals surface area contributed by atoms with Gasteiger partial charge in [0.25, 0.3) is 0 Å². The maximum atomic E-state index is 11.8. The predicted octanol–water partition coefficient (Wildman–Crippen LogP) is -0.339. The Kier molecular flexibility index (Phi) is 5.90. The summed E-state index contributed by atoms with van der Waals surface area (Å²) in [6.45, 7) is 1.68. The smallest absolute Gasteiger partial charge is 0.243 e. The fourth-order valence-corrected chi connectivity index (χ4v) is 2.52. The number of hydrogen-bond acceptors (Lipinski definition) is 5. The van der Waals surface area contributed by atoms with Gasteiger partial charge in [-0.1, -0.05) is 30.4 Å². The van der Waals surface area contributed by atoms with Crippen molar-refractivity contribution in [2.75, 3.05) is 6.54 Å². The number of carbonyl (C=O) groups excluding carboxylic acids is 1. The van der Waals surface area contributed by atoms with E-state index in [1.807, 2.05) is 30.4 Å². The highest BCUT2D eigenvalue weighted by molar-refractivity contribution is 5.87. The molecule has 22 heavy (non-hydrogen) atoms. The minimum Gasteiger partial charge on any atom is -0.388 e. The molecule has 1 fully saturated rings. The van der Waals surface area contributed by atoms with Crippen molar-refractivity contribution in [2.45, 2.75) is 43.9 Å². The van der Waals surface area contributed by atoms with E-state index in [2.05, 4.69) is 5.32 Å². The quantitative estimate of drug-likeness (QED) is 0.533. The van der Waals surface area contributed by atoms with Gasteiger partial charge in [0.05, 0.1) is 6.10 Å². The summed E-state index contributed by atoms with van der Waals surface area (Å²) in [6, 6.07) is 0. The van der Waals surface area contributed by atoms with Crippen molar-refractivity contribution in [1.82, 2.24) is 5.32 Å². The van der Waals surface area contributed by atoms with Crippen LogP contribution in [0.15, 0.2) is 36.5 Å². The van der Waals surface area contributed by atoms with Gasteiger partial charge in [-0.3, -0.25) is 4.79 Å². The maximum absolute atomic E-state index is 11.8. The number of allylic oxidation sites excluding steroid dienone is 5. The van der Waals surface area contributed by atoms with E-state index >= 15 is 0 Å². The first-order valence-corrected chi connectivity index (χ1v) is 7.48. The number of aliphatic hydroxyl groups excluding tert-OH is 3. The van der Waals surface area contributed by atoms with Crippen molar-refractivity contribution in [3.63, 3.8) is 0 Å². The minimum atomic E-state index is -1.28. The van der Waals surface area contributed by atoms with Gasteiger partial charge in [-0.15, -0.1) is 0 Å². The van der Waals surface area contributed by atoms with E-state index in [1.165, 1.54) is 6.08 Å². The first-order chi connectivity index (χ1) is 10.5. The van der Waals surface area contributed by atoms with E-state index in [0.29, 0.717) is 0 Å². The highest BCUT2D eigenvalue weighted by atomic mass is 16.5. The fourth-order valence-electron chi connectivity index (χ4n) is 2.52. The summed E-state index contributed by atoms with van der Waals surface area (Å²) in [5.74, 6) is -0.0729. The van der Waals surface area contributed by atoms with Crippen LogP contribution in [0.2, 0.25) is 0 Å². The Labute approximate surface area is 129 Å². The molecule has 6 atom stereocenters. The van der Waals surface area contributed by atoms with Crippen molar-refractivity contribution < 1.29 is 24.9 Å². The van der Waals surface area contributed by atoms with Crippen LogP contribution in [-0.2, 0) is 9.53 Å². The summed E-state index contributed by atoms with van der Waals surface area (Å²) >= 11 is 0. The number of ether oxygens (including phenoxy) is 1. The molecule has 0 aromatic rings. The molecular weight excluding hydrogens is 286 g/mol. The van der Waals surface area contributed by atoms with Crippen molar-refractivity contribution in [1.29, 1.82) is 0 Å². The molecule has 1 saturated heterocycles. The van der Waals surface area contributed by atoms with Crippen molar-refractivity contribution >= 4 is 5.91 Å². The Morgan fingerprint density at radius 3 is 2.73 bits per heavy atom.